The molecule has 0 aliphatic carbocycles. The molecule has 14 heteroatoms. The van der Waals surface area contributed by atoms with Crippen LogP contribution in [-0.2, 0) is 33.4 Å². The number of nitrogens with two attached hydrogens (primary N) is 1. The zero-order chi connectivity index (χ0) is 37.8. The lowest BCUT2D eigenvalue weighted by molar-refractivity contribution is -0.0689. The number of aliphatic hydroxyl groups is 2. The highest BCUT2D eigenvalue weighted by atomic mass is 31.2. The van der Waals surface area contributed by atoms with E-state index in [1.165, 1.54) is 107 Å². The van der Waals surface area contributed by atoms with E-state index in [2.05, 4.69) is 12.0 Å². The number of aliphatic hydroxyl groups excluding tert-OH is 2. The van der Waals surface area contributed by atoms with Gasteiger partial charge in [0.1, 0.15) is 30.5 Å². The van der Waals surface area contributed by atoms with Gasteiger partial charge in [-0.2, -0.15) is 10.4 Å². The lowest BCUT2D eigenvalue weighted by Gasteiger charge is -2.24. The number of aromatic nitrogens is 2. The van der Waals surface area contributed by atoms with Gasteiger partial charge in [0.2, 0.25) is 5.60 Å². The van der Waals surface area contributed by atoms with Crippen LogP contribution in [0.25, 0.3) is 5.52 Å². The van der Waals surface area contributed by atoms with Crippen LogP contribution in [0.15, 0.2) is 24.4 Å². The first-order valence-electron chi connectivity index (χ1n) is 19.5. The predicted molar refractivity (Wildman–Crippen MR) is 200 cm³/mol. The van der Waals surface area contributed by atoms with Crippen LogP contribution >= 0.6 is 7.82 Å². The Balaban J connectivity index is 1.32. The van der Waals surface area contributed by atoms with E-state index < -0.39 is 44.4 Å². The maximum Gasteiger partial charge on any atom is 0.472 e. The molecule has 1 aliphatic heterocycles. The molecule has 0 spiro atoms. The molecule has 296 valence electrons. The number of nitrogen functional groups attached to an aromatic ring is 1. The Morgan fingerprint density at radius 3 is 2.10 bits per heavy atom. The summed E-state index contributed by atoms with van der Waals surface area (Å²) < 4.78 is 42.1. The first kappa shape index (κ1) is 44.3. The first-order valence-corrected chi connectivity index (χ1v) is 21.0. The number of rotatable bonds is 29. The number of anilines is 1. The molecule has 2 aromatic rings. The molecule has 0 amide bonds. The maximum atomic E-state index is 12.8. The summed E-state index contributed by atoms with van der Waals surface area (Å²) in [5.41, 5.74) is 4.97. The molecule has 13 nitrogen and oxygen atoms in total. The van der Waals surface area contributed by atoms with Gasteiger partial charge in [0.25, 0.3) is 0 Å². The molecular formula is C38H65N4O9P. The molecule has 1 saturated heterocycles. The van der Waals surface area contributed by atoms with Gasteiger partial charge in [-0.3, -0.25) is 9.05 Å². The molecule has 5 N–H and O–H groups in total. The maximum absolute atomic E-state index is 12.8. The molecule has 3 rings (SSSR count). The van der Waals surface area contributed by atoms with E-state index in [0.29, 0.717) is 24.4 Å². The fraction of sp³-hybridized carbons (Fsp3) is 0.789. The minimum atomic E-state index is -4.65. The Hall–Kier alpha value is -2.11. The SMILES string of the molecule is CCCCCCCCCCCCCCCCCCOC[C@H](COP(=O)(O)OC[C@H]1O[C@@](C#N)(c2ccc3c(N)ccnn23)[C@H](O)[C@@H]1O)OCC(C)C. The van der Waals surface area contributed by atoms with Gasteiger partial charge in [-0.15, -0.1) is 0 Å². The van der Waals surface area contributed by atoms with Crippen molar-refractivity contribution in [1.82, 2.24) is 9.61 Å². The van der Waals surface area contributed by atoms with Crippen molar-refractivity contribution < 1.29 is 42.9 Å². The van der Waals surface area contributed by atoms with Gasteiger partial charge in [-0.25, -0.2) is 9.08 Å². The van der Waals surface area contributed by atoms with E-state index in [1.54, 1.807) is 12.1 Å². The number of fused-ring (bicyclic) bond motifs is 1. The van der Waals surface area contributed by atoms with Gasteiger partial charge in [0.05, 0.1) is 36.7 Å². The minimum Gasteiger partial charge on any atom is -0.397 e. The van der Waals surface area contributed by atoms with Crippen molar-refractivity contribution in [3.8, 4) is 6.07 Å². The summed E-state index contributed by atoms with van der Waals surface area (Å²) in [4.78, 5) is 10.4. The quantitative estimate of drug-likeness (QED) is 0.0483. The molecule has 0 radical (unpaired) electrons. The van der Waals surface area contributed by atoms with Crippen molar-refractivity contribution in [2.45, 2.75) is 154 Å². The van der Waals surface area contributed by atoms with E-state index in [9.17, 15) is 24.9 Å². The van der Waals surface area contributed by atoms with E-state index >= 15 is 0 Å². The van der Waals surface area contributed by atoms with Crippen molar-refractivity contribution in [2.75, 3.05) is 38.8 Å². The zero-order valence-corrected chi connectivity index (χ0v) is 32.6. The molecule has 6 atom stereocenters. The Kier molecular flexibility index (Phi) is 20.1. The first-order chi connectivity index (χ1) is 25.0. The van der Waals surface area contributed by atoms with Crippen LogP contribution in [0.3, 0.4) is 0 Å². The van der Waals surface area contributed by atoms with E-state index in [1.807, 2.05) is 19.9 Å². The van der Waals surface area contributed by atoms with Crippen molar-refractivity contribution in [2.24, 2.45) is 5.92 Å². The molecule has 2 aromatic heterocycles. The van der Waals surface area contributed by atoms with Crippen LogP contribution in [0.5, 0.6) is 0 Å². The number of phosphoric ester groups is 1. The van der Waals surface area contributed by atoms with E-state index in [4.69, 9.17) is 29.0 Å². The van der Waals surface area contributed by atoms with Crippen molar-refractivity contribution in [3.63, 3.8) is 0 Å². The molecule has 1 fully saturated rings. The third-order valence-electron chi connectivity index (χ3n) is 9.53. The second-order valence-corrected chi connectivity index (χ2v) is 16.0. The van der Waals surface area contributed by atoms with Gasteiger partial charge in [-0.05, 0) is 30.5 Å². The highest BCUT2D eigenvalue weighted by molar-refractivity contribution is 7.47. The summed E-state index contributed by atoms with van der Waals surface area (Å²) in [6.45, 7) is 6.53. The molecule has 0 aromatic carbocycles. The van der Waals surface area contributed by atoms with Gasteiger partial charge in [0.15, 0.2) is 0 Å². The third-order valence-corrected chi connectivity index (χ3v) is 10.5. The molecule has 52 heavy (non-hydrogen) atoms. The standard InChI is InChI=1S/C38H65N4O9P/c1-4-5-6-7-8-9-10-11-12-13-14-15-16-17-18-19-24-47-26-31(48-25-30(2)3)27-49-52(45,46)50-28-34-36(43)37(44)38(29-39,51-34)35-21-20-33-32(40)22-23-41-42(33)35/h20-23,30-31,34,36-37,43-44H,4-19,24-28,40H2,1-3H3,(H,45,46)/t31-,34-,36-,37-,38+/m1/s1. The Bertz CT molecular complexity index is 1370. The highest BCUT2D eigenvalue weighted by Gasteiger charge is 2.58. The fourth-order valence-corrected chi connectivity index (χ4v) is 7.22. The summed E-state index contributed by atoms with van der Waals surface area (Å²) in [6.07, 6.45) is 16.9. The molecule has 0 bridgehead atoms. The average molecular weight is 753 g/mol. The number of nitrogens with zero attached hydrogens (tertiary/aromatic N) is 3. The lowest BCUT2D eigenvalue weighted by Crippen LogP contribution is -2.41. The number of unbranched alkanes of at least 4 members (excludes halogenated alkanes) is 15. The molecule has 3 heterocycles. The molecule has 1 aliphatic rings. The topological polar surface area (TPSA) is 191 Å². The van der Waals surface area contributed by atoms with Crippen molar-refractivity contribution >= 4 is 19.0 Å². The van der Waals surface area contributed by atoms with Crippen LogP contribution in [0.2, 0.25) is 0 Å². The smallest absolute Gasteiger partial charge is 0.397 e. The van der Waals surface area contributed by atoms with Crippen LogP contribution in [0, 0.1) is 17.2 Å². The Morgan fingerprint density at radius 2 is 1.52 bits per heavy atom. The average Bonchev–Trinajstić information content (AvgIpc) is 3.67. The van der Waals surface area contributed by atoms with Crippen LogP contribution in [0.4, 0.5) is 5.69 Å². The number of phosphoric acid groups is 1. The molecule has 0 saturated carbocycles. The molecule has 1 unspecified atom stereocenters. The zero-order valence-electron chi connectivity index (χ0n) is 31.7. The Labute approximate surface area is 310 Å². The lowest BCUT2D eigenvalue weighted by atomic mass is 9.92. The Morgan fingerprint density at radius 1 is 0.923 bits per heavy atom. The third kappa shape index (κ3) is 14.3. The monoisotopic (exact) mass is 752 g/mol. The highest BCUT2D eigenvalue weighted by Crippen LogP contribution is 2.46. The van der Waals surface area contributed by atoms with Crippen LogP contribution in [0.1, 0.15) is 129 Å². The van der Waals surface area contributed by atoms with Crippen LogP contribution < -0.4 is 5.73 Å². The van der Waals surface area contributed by atoms with E-state index in [-0.39, 0.29) is 24.8 Å². The number of nitriles is 1. The second kappa shape index (κ2) is 23.6. The number of hydrogen-bond donors (Lipinski definition) is 4. The predicted octanol–water partition coefficient (Wildman–Crippen LogP) is 7.21. The van der Waals surface area contributed by atoms with Crippen molar-refractivity contribution in [3.05, 3.63) is 30.1 Å². The van der Waals surface area contributed by atoms with Gasteiger partial charge in [0, 0.05) is 19.4 Å². The summed E-state index contributed by atoms with van der Waals surface area (Å²) in [6, 6.07) is 6.65. The van der Waals surface area contributed by atoms with Crippen LogP contribution in [-0.4, -0.2) is 82.2 Å². The summed E-state index contributed by atoms with van der Waals surface area (Å²) in [5.74, 6) is 0.234. The number of hydrogen-bond acceptors (Lipinski definition) is 11. The molecular weight excluding hydrogens is 687 g/mol. The normalized spacial score (nSPS) is 22.2. The van der Waals surface area contributed by atoms with Gasteiger partial charge >= 0.3 is 7.82 Å². The minimum absolute atomic E-state index is 0.138. The summed E-state index contributed by atoms with van der Waals surface area (Å²) >= 11 is 0. The second-order valence-electron chi connectivity index (χ2n) is 14.5. The summed E-state index contributed by atoms with van der Waals surface area (Å²) in [5, 5.41) is 36.0. The fourth-order valence-electron chi connectivity index (χ4n) is 6.46. The van der Waals surface area contributed by atoms with Crippen molar-refractivity contribution in [1.29, 1.82) is 5.26 Å². The largest absolute Gasteiger partial charge is 0.472 e. The van der Waals surface area contributed by atoms with E-state index in [0.717, 1.165) is 12.8 Å². The van der Waals surface area contributed by atoms with Gasteiger partial charge in [-0.1, -0.05) is 117 Å². The summed E-state index contributed by atoms with van der Waals surface area (Å²) in [7, 11) is -4.65. The van der Waals surface area contributed by atoms with Gasteiger partial charge < -0.3 is 35.1 Å². The number of ether oxygens (including phenoxy) is 3.